The van der Waals surface area contributed by atoms with E-state index < -0.39 is 0 Å². The highest BCUT2D eigenvalue weighted by atomic mass is 79.9. The molecular weight excluding hydrogens is 228 g/mol. The molecule has 0 radical (unpaired) electrons. The highest BCUT2D eigenvalue weighted by Crippen LogP contribution is 2.18. The average molecular weight is 239 g/mol. The number of aromatic nitrogens is 2. The first-order chi connectivity index (χ1) is 6.31. The first kappa shape index (κ1) is 8.75. The Morgan fingerprint density at radius 2 is 2.38 bits per heavy atom. The first-order valence-corrected chi connectivity index (χ1v) is 5.21. The van der Waals surface area contributed by atoms with Gasteiger partial charge in [0.2, 0.25) is 0 Å². The molecule has 0 atom stereocenters. The molecule has 68 valence electrons. The van der Waals surface area contributed by atoms with Crippen molar-refractivity contribution in [1.82, 2.24) is 9.55 Å². The molecular formula is C10H11BrN2. The van der Waals surface area contributed by atoms with Gasteiger partial charge in [0.15, 0.2) is 0 Å². The largest absolute Gasteiger partial charge is 0.346 e. The summed E-state index contributed by atoms with van der Waals surface area (Å²) in [5.74, 6) is 0. The Morgan fingerprint density at radius 1 is 1.54 bits per heavy atom. The highest BCUT2D eigenvalue weighted by Gasteiger charge is 2.00. The summed E-state index contributed by atoms with van der Waals surface area (Å²) >= 11 is 3.36. The molecule has 2 aromatic heterocycles. The zero-order chi connectivity index (χ0) is 9.26. The van der Waals surface area contributed by atoms with E-state index in [9.17, 15) is 0 Å². The number of hydrogen-bond donors (Lipinski definition) is 0. The Bertz CT molecular complexity index is 420. The van der Waals surface area contributed by atoms with Gasteiger partial charge in [0.1, 0.15) is 4.60 Å². The summed E-state index contributed by atoms with van der Waals surface area (Å²) in [5, 5.41) is 1.25. The van der Waals surface area contributed by atoms with E-state index in [4.69, 9.17) is 0 Å². The van der Waals surface area contributed by atoms with Crippen molar-refractivity contribution in [3.63, 3.8) is 0 Å². The molecule has 0 saturated heterocycles. The molecule has 2 nitrogen and oxygen atoms in total. The number of aryl methyl sites for hydroxylation is 1. The molecule has 0 fully saturated rings. The predicted molar refractivity (Wildman–Crippen MR) is 57.7 cm³/mol. The van der Waals surface area contributed by atoms with Gasteiger partial charge >= 0.3 is 0 Å². The van der Waals surface area contributed by atoms with Crippen LogP contribution in [0.4, 0.5) is 0 Å². The lowest BCUT2D eigenvalue weighted by atomic mass is 10.3. The lowest BCUT2D eigenvalue weighted by Crippen LogP contribution is -1.93. The summed E-state index contributed by atoms with van der Waals surface area (Å²) in [5.41, 5.74) is 1.21. The normalized spacial score (nSPS) is 10.9. The molecule has 2 heterocycles. The van der Waals surface area contributed by atoms with Crippen molar-refractivity contribution >= 4 is 26.8 Å². The van der Waals surface area contributed by atoms with Crippen molar-refractivity contribution < 1.29 is 0 Å². The maximum absolute atomic E-state index is 4.22. The Balaban J connectivity index is 2.55. The van der Waals surface area contributed by atoms with Gasteiger partial charge in [0.25, 0.3) is 0 Å². The van der Waals surface area contributed by atoms with Gasteiger partial charge in [-0.05, 0) is 34.5 Å². The molecule has 0 aromatic carbocycles. The van der Waals surface area contributed by atoms with Gasteiger partial charge in [-0.2, -0.15) is 0 Å². The van der Waals surface area contributed by atoms with E-state index in [1.54, 1.807) is 0 Å². The van der Waals surface area contributed by atoms with Gasteiger partial charge < -0.3 is 4.57 Å². The zero-order valence-electron chi connectivity index (χ0n) is 7.50. The standard InChI is InChI=1S/C10H11BrN2/c1-2-4-13-5-3-8-6-10(11)12-7-9(8)13/h3,5-7H,2,4H2,1H3. The third-order valence-corrected chi connectivity index (χ3v) is 2.52. The van der Waals surface area contributed by atoms with Gasteiger partial charge in [-0.1, -0.05) is 6.92 Å². The van der Waals surface area contributed by atoms with Crippen LogP contribution >= 0.6 is 15.9 Å². The number of hydrogen-bond acceptors (Lipinski definition) is 1. The third kappa shape index (κ3) is 1.61. The van der Waals surface area contributed by atoms with Gasteiger partial charge in [0.05, 0.1) is 11.7 Å². The summed E-state index contributed by atoms with van der Waals surface area (Å²) in [6, 6.07) is 4.17. The molecule has 0 bridgehead atoms. The fraction of sp³-hybridized carbons (Fsp3) is 0.300. The summed E-state index contributed by atoms with van der Waals surface area (Å²) in [7, 11) is 0. The molecule has 0 amide bonds. The van der Waals surface area contributed by atoms with E-state index in [1.165, 1.54) is 10.9 Å². The SMILES string of the molecule is CCCn1ccc2cc(Br)ncc21. The molecule has 0 unspecified atom stereocenters. The fourth-order valence-corrected chi connectivity index (χ4v) is 1.85. The van der Waals surface area contributed by atoms with Crippen LogP contribution in [0.3, 0.4) is 0 Å². The van der Waals surface area contributed by atoms with Crippen molar-refractivity contribution in [2.75, 3.05) is 0 Å². The van der Waals surface area contributed by atoms with Crippen LogP contribution in [0.2, 0.25) is 0 Å². The lowest BCUT2D eigenvalue weighted by molar-refractivity contribution is 0.703. The van der Waals surface area contributed by atoms with E-state index in [2.05, 4.69) is 44.7 Å². The van der Waals surface area contributed by atoms with Crippen LogP contribution in [0, 0.1) is 0 Å². The maximum atomic E-state index is 4.22. The average Bonchev–Trinajstić information content (AvgIpc) is 2.49. The molecule has 3 heteroatoms. The van der Waals surface area contributed by atoms with Gasteiger partial charge in [-0.3, -0.25) is 0 Å². The Morgan fingerprint density at radius 3 is 3.15 bits per heavy atom. The van der Waals surface area contributed by atoms with E-state index in [1.807, 2.05) is 12.3 Å². The summed E-state index contributed by atoms with van der Waals surface area (Å²) < 4.78 is 3.13. The quantitative estimate of drug-likeness (QED) is 0.736. The minimum Gasteiger partial charge on any atom is -0.346 e. The fourth-order valence-electron chi connectivity index (χ4n) is 1.50. The summed E-state index contributed by atoms with van der Waals surface area (Å²) in [4.78, 5) is 4.22. The van der Waals surface area contributed by atoms with Crippen LogP contribution < -0.4 is 0 Å². The lowest BCUT2D eigenvalue weighted by Gasteiger charge is -2.01. The van der Waals surface area contributed by atoms with Crippen molar-refractivity contribution in [2.24, 2.45) is 0 Å². The molecule has 0 N–H and O–H groups in total. The van der Waals surface area contributed by atoms with Crippen LogP contribution in [-0.4, -0.2) is 9.55 Å². The Kier molecular flexibility index (Phi) is 2.36. The second kappa shape index (κ2) is 3.50. The van der Waals surface area contributed by atoms with Crippen LogP contribution in [0.1, 0.15) is 13.3 Å². The minimum absolute atomic E-state index is 0.897. The minimum atomic E-state index is 0.897. The molecule has 2 rings (SSSR count). The van der Waals surface area contributed by atoms with E-state index in [-0.39, 0.29) is 0 Å². The molecule has 0 spiro atoms. The van der Waals surface area contributed by atoms with E-state index >= 15 is 0 Å². The van der Waals surface area contributed by atoms with Gasteiger partial charge in [-0.25, -0.2) is 4.98 Å². The number of fused-ring (bicyclic) bond motifs is 1. The molecule has 2 aromatic rings. The summed E-state index contributed by atoms with van der Waals surface area (Å²) in [6.07, 6.45) is 5.18. The Labute approximate surface area is 85.7 Å². The monoisotopic (exact) mass is 238 g/mol. The van der Waals surface area contributed by atoms with Crippen molar-refractivity contribution in [3.8, 4) is 0 Å². The number of halogens is 1. The second-order valence-electron chi connectivity index (χ2n) is 3.07. The zero-order valence-corrected chi connectivity index (χ0v) is 9.08. The number of rotatable bonds is 2. The van der Waals surface area contributed by atoms with Crippen LogP contribution in [0.15, 0.2) is 29.1 Å². The Hall–Kier alpha value is -0.830. The number of nitrogens with zero attached hydrogens (tertiary/aromatic N) is 2. The molecule has 13 heavy (non-hydrogen) atoms. The highest BCUT2D eigenvalue weighted by molar-refractivity contribution is 9.10. The van der Waals surface area contributed by atoms with E-state index in [0.717, 1.165) is 17.6 Å². The van der Waals surface area contributed by atoms with Crippen molar-refractivity contribution in [2.45, 2.75) is 19.9 Å². The molecule has 0 aliphatic rings. The third-order valence-electron chi connectivity index (χ3n) is 2.09. The molecule has 0 aliphatic heterocycles. The van der Waals surface area contributed by atoms with Gasteiger partial charge in [-0.15, -0.1) is 0 Å². The van der Waals surface area contributed by atoms with Crippen molar-refractivity contribution in [3.05, 3.63) is 29.1 Å². The molecule has 0 saturated carbocycles. The van der Waals surface area contributed by atoms with Gasteiger partial charge in [0, 0.05) is 18.1 Å². The molecule has 0 aliphatic carbocycles. The number of pyridine rings is 1. The van der Waals surface area contributed by atoms with Crippen LogP contribution in [0.25, 0.3) is 10.9 Å². The topological polar surface area (TPSA) is 17.8 Å². The van der Waals surface area contributed by atoms with E-state index in [0.29, 0.717) is 0 Å². The van der Waals surface area contributed by atoms with Crippen LogP contribution in [-0.2, 0) is 6.54 Å². The van der Waals surface area contributed by atoms with Crippen LogP contribution in [0.5, 0.6) is 0 Å². The smallest absolute Gasteiger partial charge is 0.106 e. The predicted octanol–water partition coefficient (Wildman–Crippen LogP) is 3.21. The van der Waals surface area contributed by atoms with Crippen molar-refractivity contribution in [1.29, 1.82) is 0 Å². The first-order valence-electron chi connectivity index (χ1n) is 4.41. The summed E-state index contributed by atoms with van der Waals surface area (Å²) in [6.45, 7) is 3.24. The maximum Gasteiger partial charge on any atom is 0.106 e. The second-order valence-corrected chi connectivity index (χ2v) is 3.89.